The average molecular weight is 274 g/mol. The van der Waals surface area contributed by atoms with Gasteiger partial charge >= 0.3 is 0 Å². The third-order valence-electron chi connectivity index (χ3n) is 2.34. The van der Waals surface area contributed by atoms with Gasteiger partial charge in [-0.05, 0) is 24.3 Å². The summed E-state index contributed by atoms with van der Waals surface area (Å²) < 4.78 is 0. The first-order valence-electron chi connectivity index (χ1n) is 5.25. The van der Waals surface area contributed by atoms with Crippen molar-refractivity contribution in [2.45, 2.75) is 0 Å². The molecule has 0 saturated heterocycles. The molecule has 19 heavy (non-hydrogen) atoms. The van der Waals surface area contributed by atoms with Crippen LogP contribution in [0.3, 0.4) is 0 Å². The SMILES string of the molecule is N#Cc1ccc(Cl)cc1NC(=O)c1cncc(O)c1. The van der Waals surface area contributed by atoms with Crippen LogP contribution in [0.4, 0.5) is 5.69 Å². The van der Waals surface area contributed by atoms with E-state index < -0.39 is 5.91 Å². The lowest BCUT2D eigenvalue weighted by molar-refractivity contribution is 0.102. The van der Waals surface area contributed by atoms with E-state index in [2.05, 4.69) is 10.3 Å². The van der Waals surface area contributed by atoms with Gasteiger partial charge < -0.3 is 10.4 Å². The molecule has 6 heteroatoms. The highest BCUT2D eigenvalue weighted by molar-refractivity contribution is 6.31. The molecule has 1 aromatic heterocycles. The first-order valence-corrected chi connectivity index (χ1v) is 5.63. The normalized spacial score (nSPS) is 9.68. The Balaban J connectivity index is 2.29. The minimum absolute atomic E-state index is 0.112. The van der Waals surface area contributed by atoms with E-state index >= 15 is 0 Å². The second kappa shape index (κ2) is 5.38. The van der Waals surface area contributed by atoms with Crippen molar-refractivity contribution < 1.29 is 9.90 Å². The zero-order valence-corrected chi connectivity index (χ0v) is 10.3. The largest absolute Gasteiger partial charge is 0.506 e. The number of aromatic nitrogens is 1. The molecule has 0 saturated carbocycles. The van der Waals surface area contributed by atoms with Crippen molar-refractivity contribution in [1.29, 1.82) is 5.26 Å². The quantitative estimate of drug-likeness (QED) is 0.880. The van der Waals surface area contributed by atoms with Crippen molar-refractivity contribution in [2.75, 3.05) is 5.32 Å². The van der Waals surface area contributed by atoms with E-state index in [-0.39, 0.29) is 11.3 Å². The summed E-state index contributed by atoms with van der Waals surface area (Å²) >= 11 is 5.82. The molecule has 0 unspecified atom stereocenters. The number of benzene rings is 1. The van der Waals surface area contributed by atoms with Crippen LogP contribution in [0.1, 0.15) is 15.9 Å². The van der Waals surface area contributed by atoms with Crippen LogP contribution in [-0.4, -0.2) is 16.0 Å². The van der Waals surface area contributed by atoms with E-state index in [0.29, 0.717) is 16.3 Å². The smallest absolute Gasteiger partial charge is 0.257 e. The molecule has 5 nitrogen and oxygen atoms in total. The molecule has 0 aliphatic rings. The molecular weight excluding hydrogens is 266 g/mol. The number of amides is 1. The van der Waals surface area contributed by atoms with Crippen molar-refractivity contribution in [1.82, 2.24) is 4.98 Å². The van der Waals surface area contributed by atoms with Gasteiger partial charge in [-0.3, -0.25) is 9.78 Å². The number of nitriles is 1. The van der Waals surface area contributed by atoms with E-state index in [0.717, 1.165) is 0 Å². The van der Waals surface area contributed by atoms with E-state index in [1.165, 1.54) is 30.6 Å². The topological polar surface area (TPSA) is 86.0 Å². The van der Waals surface area contributed by atoms with Crippen LogP contribution in [-0.2, 0) is 0 Å². The summed E-state index contributed by atoms with van der Waals surface area (Å²) in [5.41, 5.74) is 0.790. The lowest BCUT2D eigenvalue weighted by Gasteiger charge is -2.07. The summed E-state index contributed by atoms with van der Waals surface area (Å²) in [7, 11) is 0. The number of nitrogens with zero attached hydrogens (tertiary/aromatic N) is 2. The number of carbonyl (C=O) groups excluding carboxylic acids is 1. The number of hydrogen-bond donors (Lipinski definition) is 2. The molecule has 1 aromatic carbocycles. The lowest BCUT2D eigenvalue weighted by Crippen LogP contribution is -2.13. The molecule has 0 aliphatic heterocycles. The number of hydrogen-bond acceptors (Lipinski definition) is 4. The third-order valence-corrected chi connectivity index (χ3v) is 2.57. The summed E-state index contributed by atoms with van der Waals surface area (Å²) in [4.78, 5) is 15.6. The fraction of sp³-hybridized carbons (Fsp3) is 0. The minimum Gasteiger partial charge on any atom is -0.506 e. The summed E-state index contributed by atoms with van der Waals surface area (Å²) in [5, 5.41) is 21.2. The number of aromatic hydroxyl groups is 1. The van der Waals surface area contributed by atoms with Crippen LogP contribution in [0.5, 0.6) is 5.75 Å². The fourth-order valence-corrected chi connectivity index (χ4v) is 1.64. The monoisotopic (exact) mass is 273 g/mol. The number of nitrogens with one attached hydrogen (secondary N) is 1. The summed E-state index contributed by atoms with van der Waals surface area (Å²) in [6.45, 7) is 0. The molecule has 2 aromatic rings. The second-order valence-corrected chi connectivity index (χ2v) is 4.12. The lowest BCUT2D eigenvalue weighted by atomic mass is 10.2. The predicted octanol–water partition coefficient (Wildman–Crippen LogP) is 2.56. The van der Waals surface area contributed by atoms with Crippen molar-refractivity contribution in [3.63, 3.8) is 0 Å². The molecule has 0 atom stereocenters. The Morgan fingerprint density at radius 1 is 1.37 bits per heavy atom. The molecule has 94 valence electrons. The number of halogens is 1. The fourth-order valence-electron chi connectivity index (χ4n) is 1.46. The molecule has 1 heterocycles. The first-order chi connectivity index (χ1) is 9.10. The van der Waals surface area contributed by atoms with Gasteiger partial charge in [0.05, 0.1) is 23.0 Å². The Hall–Kier alpha value is -2.58. The Kier molecular flexibility index (Phi) is 3.64. The molecule has 2 N–H and O–H groups in total. The van der Waals surface area contributed by atoms with E-state index in [1.54, 1.807) is 6.07 Å². The van der Waals surface area contributed by atoms with Gasteiger partial charge in [0.15, 0.2) is 0 Å². The maximum absolute atomic E-state index is 11.9. The number of carbonyl (C=O) groups is 1. The van der Waals surface area contributed by atoms with Gasteiger partial charge in [0.2, 0.25) is 0 Å². The maximum atomic E-state index is 11.9. The Bertz CT molecular complexity index is 680. The molecule has 0 bridgehead atoms. The summed E-state index contributed by atoms with van der Waals surface area (Å²) in [6, 6.07) is 7.78. The van der Waals surface area contributed by atoms with Crippen LogP contribution >= 0.6 is 11.6 Å². The van der Waals surface area contributed by atoms with Crippen LogP contribution in [0.25, 0.3) is 0 Å². The molecule has 0 radical (unpaired) electrons. The van der Waals surface area contributed by atoms with E-state index in [4.69, 9.17) is 16.9 Å². The summed E-state index contributed by atoms with van der Waals surface area (Å²) in [5.74, 6) is -0.596. The van der Waals surface area contributed by atoms with E-state index in [1.807, 2.05) is 6.07 Å². The van der Waals surface area contributed by atoms with Gasteiger partial charge in [-0.2, -0.15) is 5.26 Å². The first kappa shape index (κ1) is 12.9. The van der Waals surface area contributed by atoms with Gasteiger partial charge in [0.25, 0.3) is 5.91 Å². The Labute approximate surface area is 114 Å². The molecule has 0 aliphatic carbocycles. The van der Waals surface area contributed by atoms with Crippen molar-refractivity contribution in [2.24, 2.45) is 0 Å². The van der Waals surface area contributed by atoms with Crippen molar-refractivity contribution >= 4 is 23.2 Å². The molecular formula is C13H8ClN3O2. The average Bonchev–Trinajstić information content (AvgIpc) is 2.39. The highest BCUT2D eigenvalue weighted by atomic mass is 35.5. The van der Waals surface area contributed by atoms with Crippen LogP contribution in [0.15, 0.2) is 36.7 Å². The standard InChI is InChI=1S/C13H8ClN3O2/c14-10-2-1-8(5-15)12(4-10)17-13(19)9-3-11(18)7-16-6-9/h1-4,6-7,18H,(H,17,19). The molecule has 1 amide bonds. The molecule has 0 spiro atoms. The number of pyridine rings is 1. The molecule has 2 rings (SSSR count). The minimum atomic E-state index is -0.484. The van der Waals surface area contributed by atoms with Gasteiger partial charge in [-0.15, -0.1) is 0 Å². The predicted molar refractivity (Wildman–Crippen MR) is 70.0 cm³/mol. The Morgan fingerprint density at radius 3 is 2.84 bits per heavy atom. The maximum Gasteiger partial charge on any atom is 0.257 e. The zero-order chi connectivity index (χ0) is 13.8. The third kappa shape index (κ3) is 3.00. The van der Waals surface area contributed by atoms with Gasteiger partial charge in [-0.1, -0.05) is 11.6 Å². The van der Waals surface area contributed by atoms with Crippen molar-refractivity contribution in [3.05, 3.63) is 52.8 Å². The van der Waals surface area contributed by atoms with Gasteiger partial charge in [0, 0.05) is 11.2 Å². The van der Waals surface area contributed by atoms with Gasteiger partial charge in [-0.25, -0.2) is 0 Å². The van der Waals surface area contributed by atoms with Crippen molar-refractivity contribution in [3.8, 4) is 11.8 Å². The van der Waals surface area contributed by atoms with Crippen LogP contribution in [0, 0.1) is 11.3 Å². The van der Waals surface area contributed by atoms with E-state index in [9.17, 15) is 9.90 Å². The van der Waals surface area contributed by atoms with Crippen LogP contribution < -0.4 is 5.32 Å². The van der Waals surface area contributed by atoms with Crippen LogP contribution in [0.2, 0.25) is 5.02 Å². The number of anilines is 1. The second-order valence-electron chi connectivity index (χ2n) is 3.69. The zero-order valence-electron chi connectivity index (χ0n) is 9.59. The molecule has 0 fully saturated rings. The number of rotatable bonds is 2. The highest BCUT2D eigenvalue weighted by Gasteiger charge is 2.10. The summed E-state index contributed by atoms with van der Waals surface area (Å²) in [6.07, 6.45) is 2.53. The van der Waals surface area contributed by atoms with Gasteiger partial charge in [0.1, 0.15) is 11.8 Å². The highest BCUT2D eigenvalue weighted by Crippen LogP contribution is 2.21. The Morgan fingerprint density at radius 2 is 2.16 bits per heavy atom.